The van der Waals surface area contributed by atoms with E-state index < -0.39 is 5.72 Å². The van der Waals surface area contributed by atoms with Gasteiger partial charge in [0.1, 0.15) is 18.9 Å². The molecule has 3 aliphatic rings. The van der Waals surface area contributed by atoms with Gasteiger partial charge in [-0.25, -0.2) is 0 Å². The molecule has 0 aromatic heterocycles. The number of amidine groups is 1. The van der Waals surface area contributed by atoms with Crippen LogP contribution in [0.1, 0.15) is 31.2 Å². The van der Waals surface area contributed by atoms with Gasteiger partial charge < -0.3 is 14.6 Å². The maximum atomic E-state index is 11.9. The van der Waals surface area contributed by atoms with Gasteiger partial charge in [0.25, 0.3) is 11.6 Å². The van der Waals surface area contributed by atoms with Crippen LogP contribution in [0.15, 0.2) is 42.5 Å². The average Bonchev–Trinajstić information content (AvgIpc) is 2.84. The van der Waals surface area contributed by atoms with Crippen molar-refractivity contribution in [3.63, 3.8) is 0 Å². The molecule has 5 nitrogen and oxygen atoms in total. The molecule has 6 heteroatoms. The van der Waals surface area contributed by atoms with Gasteiger partial charge >= 0.3 is 0 Å². The number of hydrogen-bond acceptors (Lipinski definition) is 4. The van der Waals surface area contributed by atoms with Gasteiger partial charge in [-0.1, -0.05) is 23.7 Å². The quantitative estimate of drug-likeness (QED) is 0.781. The van der Waals surface area contributed by atoms with E-state index in [1.54, 1.807) is 0 Å². The first-order chi connectivity index (χ1) is 13.6. The van der Waals surface area contributed by atoms with E-state index in [0.29, 0.717) is 24.8 Å². The average molecular weight is 400 g/mol. The van der Waals surface area contributed by atoms with Gasteiger partial charge in [0.2, 0.25) is 0 Å². The summed E-state index contributed by atoms with van der Waals surface area (Å²) in [5.41, 5.74) is 0.606. The summed E-state index contributed by atoms with van der Waals surface area (Å²) in [6, 6.07) is 13.4. The van der Waals surface area contributed by atoms with Crippen molar-refractivity contribution in [3.05, 3.63) is 53.1 Å². The monoisotopic (exact) mass is 399 g/mol. The molecule has 2 aromatic carbocycles. The minimum atomic E-state index is -1.15. The maximum absolute atomic E-state index is 11.9. The van der Waals surface area contributed by atoms with Crippen LogP contribution >= 0.6 is 11.6 Å². The molecule has 3 heterocycles. The van der Waals surface area contributed by atoms with Gasteiger partial charge in [-0.3, -0.25) is 4.58 Å². The van der Waals surface area contributed by atoms with E-state index in [-0.39, 0.29) is 0 Å². The van der Waals surface area contributed by atoms with Gasteiger partial charge in [-0.15, -0.1) is 0 Å². The molecule has 0 fully saturated rings. The van der Waals surface area contributed by atoms with E-state index in [4.69, 9.17) is 21.1 Å². The standard InChI is InChI=1S/C22H24ClN2O3/c23-17-7-5-16(6-8-17)22(26)15-24-11-3-1-2-4-21(24)25(22)18-9-10-19-20(14-18)28-13-12-27-19/h5-10,14,26H,1-4,11-13,15H2/q+1/t22-/m1/s1. The number of aliphatic hydroxyl groups is 1. The highest BCUT2D eigenvalue weighted by Crippen LogP contribution is 2.41. The molecular formula is C22H24ClN2O3+. The van der Waals surface area contributed by atoms with Crippen LogP contribution in [0.3, 0.4) is 0 Å². The first-order valence-corrected chi connectivity index (χ1v) is 10.3. The van der Waals surface area contributed by atoms with Crippen LogP contribution in [0, 0.1) is 0 Å². The largest absolute Gasteiger partial charge is 0.486 e. The second-order valence-corrected chi connectivity index (χ2v) is 8.07. The van der Waals surface area contributed by atoms with Gasteiger partial charge in [-0.2, -0.15) is 4.90 Å². The molecule has 0 aliphatic carbocycles. The third kappa shape index (κ3) is 2.93. The van der Waals surface area contributed by atoms with Crippen LogP contribution in [0.2, 0.25) is 5.02 Å². The van der Waals surface area contributed by atoms with Crippen molar-refractivity contribution >= 4 is 23.1 Å². The molecule has 2 aromatic rings. The second-order valence-electron chi connectivity index (χ2n) is 7.64. The highest BCUT2D eigenvalue weighted by molar-refractivity contribution is 6.30. The van der Waals surface area contributed by atoms with Crippen molar-refractivity contribution in [2.24, 2.45) is 0 Å². The molecule has 0 bridgehead atoms. The molecule has 28 heavy (non-hydrogen) atoms. The maximum Gasteiger partial charge on any atom is 0.275 e. The Hall–Kier alpha value is -2.24. The normalized spacial score (nSPS) is 24.1. The SMILES string of the molecule is O[C@@]1(c2ccc(Cl)cc2)C[N+]2=C(CCCCC2)N1c1ccc2c(c1)OCCO2. The van der Waals surface area contributed by atoms with Crippen LogP contribution in [-0.2, 0) is 5.72 Å². The molecule has 0 radical (unpaired) electrons. The summed E-state index contributed by atoms with van der Waals surface area (Å²) in [4.78, 5) is 2.08. The third-order valence-electron chi connectivity index (χ3n) is 5.82. The predicted octanol–water partition coefficient (Wildman–Crippen LogP) is 3.76. The summed E-state index contributed by atoms with van der Waals surface area (Å²) in [7, 11) is 0. The number of fused-ring (bicyclic) bond motifs is 1. The van der Waals surface area contributed by atoms with E-state index in [9.17, 15) is 5.11 Å². The first-order valence-electron chi connectivity index (χ1n) is 9.94. The second kappa shape index (κ2) is 6.98. The molecule has 0 amide bonds. The Morgan fingerprint density at radius 3 is 2.57 bits per heavy atom. The lowest BCUT2D eigenvalue weighted by molar-refractivity contribution is -0.534. The van der Waals surface area contributed by atoms with E-state index >= 15 is 0 Å². The first kappa shape index (κ1) is 17.8. The van der Waals surface area contributed by atoms with Gasteiger partial charge in [0, 0.05) is 23.1 Å². The van der Waals surface area contributed by atoms with Crippen molar-refractivity contribution < 1.29 is 19.2 Å². The molecule has 0 unspecified atom stereocenters. The lowest BCUT2D eigenvalue weighted by Gasteiger charge is -2.30. The van der Waals surface area contributed by atoms with Gasteiger partial charge in [0.15, 0.2) is 18.0 Å². The summed E-state index contributed by atoms with van der Waals surface area (Å²) in [5, 5.41) is 12.6. The molecule has 0 saturated carbocycles. The molecule has 0 saturated heterocycles. The molecular weight excluding hydrogens is 376 g/mol. The van der Waals surface area contributed by atoms with E-state index in [0.717, 1.165) is 48.6 Å². The van der Waals surface area contributed by atoms with Crippen LogP contribution in [0.25, 0.3) is 0 Å². The number of hydrogen-bond donors (Lipinski definition) is 1. The van der Waals surface area contributed by atoms with E-state index in [2.05, 4.69) is 9.48 Å². The lowest BCUT2D eigenvalue weighted by atomic mass is 10.00. The molecule has 1 N–H and O–H groups in total. The number of rotatable bonds is 2. The highest BCUT2D eigenvalue weighted by atomic mass is 35.5. The van der Waals surface area contributed by atoms with Crippen LogP contribution in [-0.4, -0.2) is 41.8 Å². The van der Waals surface area contributed by atoms with Crippen LogP contribution in [0.4, 0.5) is 5.69 Å². The highest BCUT2D eigenvalue weighted by Gasteiger charge is 2.54. The van der Waals surface area contributed by atoms with Gasteiger partial charge in [-0.05, 0) is 43.5 Å². The summed E-state index contributed by atoms with van der Waals surface area (Å²) >= 11 is 6.10. The fraction of sp³-hybridized carbons (Fsp3) is 0.409. The van der Waals surface area contributed by atoms with E-state index in [1.807, 2.05) is 42.5 Å². The van der Waals surface area contributed by atoms with Crippen molar-refractivity contribution in [2.75, 3.05) is 31.2 Å². The number of nitrogens with zero attached hydrogens (tertiary/aromatic N) is 2. The number of halogens is 1. The third-order valence-corrected chi connectivity index (χ3v) is 6.08. The smallest absolute Gasteiger partial charge is 0.275 e. The molecule has 146 valence electrons. The fourth-order valence-corrected chi connectivity index (χ4v) is 4.62. The number of benzene rings is 2. The Morgan fingerprint density at radius 1 is 0.964 bits per heavy atom. The predicted molar refractivity (Wildman–Crippen MR) is 109 cm³/mol. The van der Waals surface area contributed by atoms with Crippen molar-refractivity contribution in [3.8, 4) is 11.5 Å². The number of anilines is 1. The molecule has 5 rings (SSSR count). The molecule has 3 aliphatic heterocycles. The van der Waals surface area contributed by atoms with Crippen LogP contribution < -0.4 is 14.4 Å². The molecule has 0 spiro atoms. The zero-order valence-corrected chi connectivity index (χ0v) is 16.5. The summed E-state index contributed by atoms with van der Waals surface area (Å²) in [6.45, 7) is 2.61. The summed E-state index contributed by atoms with van der Waals surface area (Å²) in [6.07, 6.45) is 4.44. The minimum Gasteiger partial charge on any atom is -0.486 e. The Kier molecular flexibility index (Phi) is 4.44. The lowest BCUT2D eigenvalue weighted by Crippen LogP contribution is -2.47. The Labute approximate surface area is 169 Å². The van der Waals surface area contributed by atoms with E-state index in [1.165, 1.54) is 12.3 Å². The van der Waals surface area contributed by atoms with Crippen molar-refractivity contribution in [1.82, 2.24) is 0 Å². The zero-order valence-electron chi connectivity index (χ0n) is 15.7. The van der Waals surface area contributed by atoms with Crippen molar-refractivity contribution in [2.45, 2.75) is 31.4 Å². The Bertz CT molecular complexity index is 928. The van der Waals surface area contributed by atoms with Crippen LogP contribution in [0.5, 0.6) is 11.5 Å². The Morgan fingerprint density at radius 2 is 1.75 bits per heavy atom. The number of ether oxygens (including phenoxy) is 2. The zero-order chi connectivity index (χ0) is 19.1. The summed E-state index contributed by atoms with van der Waals surface area (Å²) < 4.78 is 13.8. The van der Waals surface area contributed by atoms with Gasteiger partial charge in [0.05, 0.1) is 6.54 Å². The summed E-state index contributed by atoms with van der Waals surface area (Å²) in [5.74, 6) is 2.66. The Balaban J connectivity index is 1.62. The topological polar surface area (TPSA) is 44.9 Å². The molecule has 1 atom stereocenters. The van der Waals surface area contributed by atoms with Crippen molar-refractivity contribution in [1.29, 1.82) is 0 Å². The minimum absolute atomic E-state index is 0.540. The fourth-order valence-electron chi connectivity index (χ4n) is 4.49.